The summed E-state index contributed by atoms with van der Waals surface area (Å²) in [5, 5.41) is 11.0. The largest absolute Gasteiger partial charge is 0.489 e. The van der Waals surface area contributed by atoms with Crippen LogP contribution in [0.5, 0.6) is 5.75 Å². The number of halogens is 2. The van der Waals surface area contributed by atoms with Gasteiger partial charge in [-0.2, -0.15) is 0 Å². The van der Waals surface area contributed by atoms with E-state index in [1.54, 1.807) is 18.3 Å². The minimum Gasteiger partial charge on any atom is -0.489 e. The van der Waals surface area contributed by atoms with E-state index in [0.717, 1.165) is 5.56 Å². The number of benzene rings is 1. The highest BCUT2D eigenvalue weighted by Gasteiger charge is 2.12. The molecule has 5 nitrogen and oxygen atoms in total. The number of pyridine rings is 1. The van der Waals surface area contributed by atoms with E-state index in [9.17, 15) is 10.1 Å². The fraction of sp³-hybridized carbons (Fsp3) is 0.0833. The normalized spacial score (nSPS) is 10.2. The first kappa shape index (κ1) is 13.6. The van der Waals surface area contributed by atoms with Gasteiger partial charge in [-0.15, -0.1) is 0 Å². The van der Waals surface area contributed by atoms with Gasteiger partial charge in [0.2, 0.25) is 0 Å². The molecule has 0 spiro atoms. The molecule has 2 rings (SSSR count). The highest BCUT2D eigenvalue weighted by Crippen LogP contribution is 2.29. The number of nitro groups is 1. The Morgan fingerprint density at radius 3 is 2.74 bits per heavy atom. The van der Waals surface area contributed by atoms with Crippen molar-refractivity contribution in [3.63, 3.8) is 0 Å². The van der Waals surface area contributed by atoms with Gasteiger partial charge in [0.15, 0.2) is 0 Å². The maximum Gasteiger partial charge on any atom is 0.288 e. The summed E-state index contributed by atoms with van der Waals surface area (Å²) in [6.45, 7) is 0.209. The Morgan fingerprint density at radius 1 is 1.32 bits per heavy atom. The summed E-state index contributed by atoms with van der Waals surface area (Å²) in [5.41, 5.74) is 0.562. The smallest absolute Gasteiger partial charge is 0.288 e. The van der Waals surface area contributed by atoms with Crippen LogP contribution in [0.2, 0.25) is 10.2 Å². The average molecular weight is 299 g/mol. The van der Waals surface area contributed by atoms with Crippen molar-refractivity contribution in [3.8, 4) is 5.75 Å². The van der Waals surface area contributed by atoms with Gasteiger partial charge in [-0.1, -0.05) is 29.3 Å². The lowest BCUT2D eigenvalue weighted by molar-refractivity contribution is -0.384. The van der Waals surface area contributed by atoms with E-state index in [0.29, 0.717) is 10.9 Å². The van der Waals surface area contributed by atoms with Gasteiger partial charge in [0.1, 0.15) is 22.5 Å². The third kappa shape index (κ3) is 3.33. The fourth-order valence-corrected chi connectivity index (χ4v) is 1.83. The summed E-state index contributed by atoms with van der Waals surface area (Å²) in [6, 6.07) is 7.69. The lowest BCUT2D eigenvalue weighted by Gasteiger charge is -2.07. The standard InChI is InChI=1S/C12H8Cl2N2O3/c13-10-6-9(3-4-11(10)16(17)18)19-7-8-2-1-5-15-12(8)14/h1-6H,7H2. The predicted molar refractivity (Wildman–Crippen MR) is 71.7 cm³/mol. The van der Waals surface area contributed by atoms with Crippen molar-refractivity contribution in [2.45, 2.75) is 6.61 Å². The van der Waals surface area contributed by atoms with Crippen LogP contribution >= 0.6 is 23.2 Å². The molecule has 2 aromatic rings. The quantitative estimate of drug-likeness (QED) is 0.488. The Labute approximate surface area is 118 Å². The molecule has 0 aliphatic heterocycles. The molecule has 19 heavy (non-hydrogen) atoms. The van der Waals surface area contributed by atoms with Gasteiger partial charge < -0.3 is 4.74 Å². The molecule has 1 aromatic heterocycles. The number of ether oxygens (including phenoxy) is 1. The first-order chi connectivity index (χ1) is 9.08. The molecular weight excluding hydrogens is 291 g/mol. The topological polar surface area (TPSA) is 65.3 Å². The molecule has 0 atom stereocenters. The predicted octanol–water partition coefficient (Wildman–Crippen LogP) is 3.88. The molecule has 0 radical (unpaired) electrons. The van der Waals surface area contributed by atoms with Gasteiger partial charge in [-0.25, -0.2) is 4.98 Å². The summed E-state index contributed by atoms with van der Waals surface area (Å²) < 4.78 is 5.46. The number of rotatable bonds is 4. The monoisotopic (exact) mass is 298 g/mol. The maximum absolute atomic E-state index is 10.6. The molecule has 7 heteroatoms. The lowest BCUT2D eigenvalue weighted by Crippen LogP contribution is -1.98. The molecule has 0 N–H and O–H groups in total. The second kappa shape index (κ2) is 5.86. The van der Waals surface area contributed by atoms with Crippen LogP contribution in [0.4, 0.5) is 5.69 Å². The number of hydrogen-bond donors (Lipinski definition) is 0. The Balaban J connectivity index is 2.11. The van der Waals surface area contributed by atoms with Crippen LogP contribution in [0.3, 0.4) is 0 Å². The molecule has 0 aliphatic carbocycles. The van der Waals surface area contributed by atoms with E-state index >= 15 is 0 Å². The highest BCUT2D eigenvalue weighted by atomic mass is 35.5. The summed E-state index contributed by atoms with van der Waals surface area (Å²) in [4.78, 5) is 14.0. The van der Waals surface area contributed by atoms with Crippen LogP contribution in [0.15, 0.2) is 36.5 Å². The lowest BCUT2D eigenvalue weighted by atomic mass is 10.3. The van der Waals surface area contributed by atoms with Gasteiger partial charge in [0.25, 0.3) is 5.69 Å². The van der Waals surface area contributed by atoms with E-state index in [4.69, 9.17) is 27.9 Å². The molecule has 98 valence electrons. The summed E-state index contributed by atoms with van der Waals surface area (Å²) >= 11 is 11.7. The van der Waals surface area contributed by atoms with E-state index in [-0.39, 0.29) is 17.3 Å². The van der Waals surface area contributed by atoms with E-state index in [1.807, 2.05) is 0 Å². The summed E-state index contributed by atoms with van der Waals surface area (Å²) in [7, 11) is 0. The van der Waals surface area contributed by atoms with Crippen molar-refractivity contribution in [3.05, 3.63) is 62.4 Å². The van der Waals surface area contributed by atoms with Crippen LogP contribution in [-0.2, 0) is 6.61 Å². The van der Waals surface area contributed by atoms with Crippen molar-refractivity contribution < 1.29 is 9.66 Å². The number of aromatic nitrogens is 1. The molecule has 0 saturated heterocycles. The van der Waals surface area contributed by atoms with Crippen LogP contribution in [-0.4, -0.2) is 9.91 Å². The number of nitro benzene ring substituents is 1. The Hall–Kier alpha value is -1.85. The van der Waals surface area contributed by atoms with Crippen molar-refractivity contribution in [2.24, 2.45) is 0 Å². The molecule has 0 bridgehead atoms. The maximum atomic E-state index is 10.6. The summed E-state index contributed by atoms with van der Waals surface area (Å²) in [5.74, 6) is 0.426. The van der Waals surface area contributed by atoms with Crippen molar-refractivity contribution in [2.75, 3.05) is 0 Å². The molecule has 0 fully saturated rings. The van der Waals surface area contributed by atoms with Crippen molar-refractivity contribution in [1.82, 2.24) is 4.98 Å². The van der Waals surface area contributed by atoms with Crippen LogP contribution in [0.1, 0.15) is 5.56 Å². The number of hydrogen-bond acceptors (Lipinski definition) is 4. The molecule has 1 heterocycles. The van der Waals surface area contributed by atoms with Crippen LogP contribution < -0.4 is 4.74 Å². The van der Waals surface area contributed by atoms with Crippen molar-refractivity contribution >= 4 is 28.9 Å². The van der Waals surface area contributed by atoms with Crippen molar-refractivity contribution in [1.29, 1.82) is 0 Å². The van der Waals surface area contributed by atoms with Gasteiger partial charge in [-0.3, -0.25) is 10.1 Å². The molecule has 0 aliphatic rings. The zero-order valence-electron chi connectivity index (χ0n) is 9.55. The van der Waals surface area contributed by atoms with Gasteiger partial charge >= 0.3 is 0 Å². The zero-order chi connectivity index (χ0) is 13.8. The fourth-order valence-electron chi connectivity index (χ4n) is 1.41. The van der Waals surface area contributed by atoms with Crippen LogP contribution in [0.25, 0.3) is 0 Å². The second-order valence-corrected chi connectivity index (χ2v) is 4.38. The summed E-state index contributed by atoms with van der Waals surface area (Å²) in [6.07, 6.45) is 1.58. The Morgan fingerprint density at radius 2 is 2.11 bits per heavy atom. The van der Waals surface area contributed by atoms with Crippen LogP contribution in [0, 0.1) is 10.1 Å². The van der Waals surface area contributed by atoms with E-state index in [2.05, 4.69) is 4.98 Å². The second-order valence-electron chi connectivity index (χ2n) is 3.61. The SMILES string of the molecule is O=[N+]([O-])c1ccc(OCc2cccnc2Cl)cc1Cl. The van der Waals surface area contributed by atoms with Gasteiger partial charge in [0, 0.05) is 23.9 Å². The third-order valence-corrected chi connectivity index (χ3v) is 2.99. The van der Waals surface area contributed by atoms with Gasteiger partial charge in [0.05, 0.1) is 4.92 Å². The highest BCUT2D eigenvalue weighted by molar-refractivity contribution is 6.32. The number of nitrogens with zero attached hydrogens (tertiary/aromatic N) is 2. The molecule has 1 aromatic carbocycles. The first-order valence-electron chi connectivity index (χ1n) is 5.24. The molecule has 0 unspecified atom stereocenters. The average Bonchev–Trinajstić information content (AvgIpc) is 2.37. The molecule has 0 saturated carbocycles. The van der Waals surface area contributed by atoms with E-state index in [1.165, 1.54) is 18.2 Å². The first-order valence-corrected chi connectivity index (χ1v) is 5.99. The minimum atomic E-state index is -0.551. The van der Waals surface area contributed by atoms with Gasteiger partial charge in [-0.05, 0) is 12.1 Å². The third-order valence-electron chi connectivity index (χ3n) is 2.35. The Kier molecular flexibility index (Phi) is 4.19. The Bertz CT molecular complexity index is 620. The molecule has 0 amide bonds. The molecular formula is C12H8Cl2N2O3. The minimum absolute atomic E-state index is 0.0276. The zero-order valence-corrected chi connectivity index (χ0v) is 11.1. The van der Waals surface area contributed by atoms with E-state index < -0.39 is 4.92 Å².